The molecule has 0 aromatic heterocycles. The predicted octanol–water partition coefficient (Wildman–Crippen LogP) is 4.61. The summed E-state index contributed by atoms with van der Waals surface area (Å²) in [6.07, 6.45) is 0. The molecule has 0 aliphatic carbocycles. The molecule has 4 heteroatoms. The molecule has 29 heavy (non-hydrogen) atoms. The molecule has 0 aliphatic heterocycles. The maximum Gasteiger partial charge on any atom is 0.221 e. The van der Waals surface area contributed by atoms with E-state index in [1.807, 2.05) is 12.1 Å². The predicted molar refractivity (Wildman–Crippen MR) is 119 cm³/mol. The van der Waals surface area contributed by atoms with Crippen LogP contribution in [-0.4, -0.2) is 10.8 Å². The summed E-state index contributed by atoms with van der Waals surface area (Å²) in [6, 6.07) is 25.2. The number of benzene rings is 3. The van der Waals surface area contributed by atoms with E-state index in [9.17, 15) is 4.79 Å². The molecule has 3 aromatic rings. The zero-order chi connectivity index (χ0) is 20.6. The highest BCUT2D eigenvalue weighted by Gasteiger charge is 2.09. The number of nitrogens with two attached hydrogens (primary N) is 1. The minimum atomic E-state index is -0.0558. The van der Waals surface area contributed by atoms with Gasteiger partial charge in [-0.2, -0.15) is 0 Å². The molecule has 0 atom stereocenters. The molecule has 0 heterocycles. The van der Waals surface area contributed by atoms with Crippen molar-refractivity contribution in [2.45, 2.75) is 40.0 Å². The maximum absolute atomic E-state index is 11.2. The number of rotatable bonds is 8. The Balaban J connectivity index is 1.76. The van der Waals surface area contributed by atoms with Crippen LogP contribution in [0.15, 0.2) is 72.8 Å². The molecule has 0 bridgehead atoms. The normalized spacial score (nSPS) is 10.9. The lowest BCUT2D eigenvalue weighted by Crippen LogP contribution is -2.22. The fourth-order valence-corrected chi connectivity index (χ4v) is 3.43. The van der Waals surface area contributed by atoms with Gasteiger partial charge < -0.3 is 11.1 Å². The highest BCUT2D eigenvalue weighted by atomic mass is 16.1. The molecule has 4 nitrogen and oxygen atoms in total. The van der Waals surface area contributed by atoms with Crippen LogP contribution in [0, 0.1) is 6.92 Å². The topological polar surface area (TPSA) is 58.4 Å². The van der Waals surface area contributed by atoms with Crippen LogP contribution in [0.2, 0.25) is 0 Å². The molecular weight excluding hydrogens is 358 g/mol. The van der Waals surface area contributed by atoms with Crippen LogP contribution in [0.5, 0.6) is 0 Å². The standard InChI is InChI=1S/C25H29N3O/c1-19-4-3-5-24(14-19)18-28(16-22-8-6-21(15-26)7-9-22)17-23-10-12-25(13-11-23)27-20(2)29/h3-14H,15-18,26H2,1-2H3,(H,27,29). The van der Waals surface area contributed by atoms with Gasteiger partial charge in [0.05, 0.1) is 0 Å². The number of anilines is 1. The van der Waals surface area contributed by atoms with Gasteiger partial charge in [-0.3, -0.25) is 9.69 Å². The van der Waals surface area contributed by atoms with Crippen LogP contribution in [0.3, 0.4) is 0 Å². The number of nitrogens with zero attached hydrogens (tertiary/aromatic N) is 1. The summed E-state index contributed by atoms with van der Waals surface area (Å²) in [6.45, 7) is 6.76. The Labute approximate surface area is 173 Å². The second-order valence-electron chi connectivity index (χ2n) is 7.53. The number of nitrogens with one attached hydrogen (secondary N) is 1. The lowest BCUT2D eigenvalue weighted by Gasteiger charge is -2.23. The zero-order valence-corrected chi connectivity index (χ0v) is 17.2. The van der Waals surface area contributed by atoms with E-state index in [1.54, 1.807) is 0 Å². The molecule has 3 aromatic carbocycles. The first kappa shape index (κ1) is 20.8. The Bertz CT molecular complexity index is 933. The van der Waals surface area contributed by atoms with Gasteiger partial charge in [0, 0.05) is 38.8 Å². The van der Waals surface area contributed by atoms with Gasteiger partial charge in [0.2, 0.25) is 5.91 Å². The molecule has 150 valence electrons. The van der Waals surface area contributed by atoms with E-state index in [1.165, 1.54) is 29.2 Å². The summed E-state index contributed by atoms with van der Waals surface area (Å²) < 4.78 is 0. The van der Waals surface area contributed by atoms with Gasteiger partial charge in [0.1, 0.15) is 0 Å². The van der Waals surface area contributed by atoms with Crippen LogP contribution in [0.1, 0.15) is 34.7 Å². The summed E-state index contributed by atoms with van der Waals surface area (Å²) in [7, 11) is 0. The lowest BCUT2D eigenvalue weighted by atomic mass is 10.1. The van der Waals surface area contributed by atoms with Crippen molar-refractivity contribution in [2.75, 3.05) is 5.32 Å². The number of aryl methyl sites for hydroxylation is 1. The molecule has 0 saturated carbocycles. The molecule has 0 fully saturated rings. The highest BCUT2D eigenvalue weighted by Crippen LogP contribution is 2.17. The van der Waals surface area contributed by atoms with Crippen molar-refractivity contribution in [3.8, 4) is 0 Å². The third kappa shape index (κ3) is 6.56. The van der Waals surface area contributed by atoms with Crippen LogP contribution >= 0.6 is 0 Å². The van der Waals surface area contributed by atoms with Gasteiger partial charge in [-0.05, 0) is 41.3 Å². The minimum absolute atomic E-state index is 0.0558. The average molecular weight is 388 g/mol. The Hall–Kier alpha value is -2.95. The van der Waals surface area contributed by atoms with Gasteiger partial charge in [-0.1, -0.05) is 66.2 Å². The van der Waals surface area contributed by atoms with Crippen LogP contribution < -0.4 is 11.1 Å². The summed E-state index contributed by atoms with van der Waals surface area (Å²) in [5.41, 5.74) is 12.8. The number of carbonyl (C=O) groups is 1. The quantitative estimate of drug-likeness (QED) is 0.593. The Morgan fingerprint density at radius 2 is 1.38 bits per heavy atom. The number of hydrogen-bond donors (Lipinski definition) is 2. The van der Waals surface area contributed by atoms with E-state index in [0.29, 0.717) is 6.54 Å². The smallest absolute Gasteiger partial charge is 0.221 e. The van der Waals surface area contributed by atoms with E-state index >= 15 is 0 Å². The first-order valence-electron chi connectivity index (χ1n) is 9.94. The van der Waals surface area contributed by atoms with Crippen LogP contribution in [-0.2, 0) is 31.0 Å². The van der Waals surface area contributed by atoms with Crippen molar-refractivity contribution in [1.82, 2.24) is 4.90 Å². The lowest BCUT2D eigenvalue weighted by molar-refractivity contribution is -0.114. The van der Waals surface area contributed by atoms with Gasteiger partial charge in [0.25, 0.3) is 0 Å². The van der Waals surface area contributed by atoms with Crippen molar-refractivity contribution in [1.29, 1.82) is 0 Å². The number of hydrogen-bond acceptors (Lipinski definition) is 3. The Morgan fingerprint density at radius 1 is 0.828 bits per heavy atom. The third-order valence-corrected chi connectivity index (χ3v) is 4.83. The van der Waals surface area contributed by atoms with Crippen molar-refractivity contribution < 1.29 is 4.79 Å². The van der Waals surface area contributed by atoms with E-state index in [-0.39, 0.29) is 5.91 Å². The van der Waals surface area contributed by atoms with E-state index in [4.69, 9.17) is 5.73 Å². The molecule has 3 rings (SSSR count). The third-order valence-electron chi connectivity index (χ3n) is 4.83. The Morgan fingerprint density at radius 3 is 1.93 bits per heavy atom. The number of amides is 1. The largest absolute Gasteiger partial charge is 0.326 e. The fourth-order valence-electron chi connectivity index (χ4n) is 3.43. The first-order valence-corrected chi connectivity index (χ1v) is 9.94. The molecule has 0 radical (unpaired) electrons. The van der Waals surface area contributed by atoms with Crippen molar-refractivity contribution >= 4 is 11.6 Å². The van der Waals surface area contributed by atoms with Crippen molar-refractivity contribution in [3.63, 3.8) is 0 Å². The van der Waals surface area contributed by atoms with Gasteiger partial charge >= 0.3 is 0 Å². The van der Waals surface area contributed by atoms with Gasteiger partial charge in [-0.15, -0.1) is 0 Å². The molecule has 0 spiro atoms. The van der Waals surface area contributed by atoms with Crippen LogP contribution in [0.4, 0.5) is 5.69 Å². The molecule has 0 unspecified atom stereocenters. The molecule has 0 saturated heterocycles. The first-order chi connectivity index (χ1) is 14.0. The van der Waals surface area contributed by atoms with Crippen molar-refractivity contribution in [3.05, 3.63) is 101 Å². The monoisotopic (exact) mass is 387 g/mol. The van der Waals surface area contributed by atoms with Gasteiger partial charge in [-0.25, -0.2) is 0 Å². The molecule has 0 aliphatic rings. The molecule has 1 amide bonds. The van der Waals surface area contributed by atoms with E-state index in [2.05, 4.69) is 77.8 Å². The van der Waals surface area contributed by atoms with Crippen LogP contribution in [0.25, 0.3) is 0 Å². The van der Waals surface area contributed by atoms with E-state index < -0.39 is 0 Å². The summed E-state index contributed by atoms with van der Waals surface area (Å²) in [5.74, 6) is -0.0558. The number of carbonyl (C=O) groups excluding carboxylic acids is 1. The second kappa shape index (κ2) is 10.0. The Kier molecular flexibility index (Phi) is 7.17. The van der Waals surface area contributed by atoms with Gasteiger partial charge in [0.15, 0.2) is 0 Å². The highest BCUT2D eigenvalue weighted by molar-refractivity contribution is 5.88. The average Bonchev–Trinajstić information content (AvgIpc) is 2.70. The van der Waals surface area contributed by atoms with E-state index in [0.717, 1.165) is 30.9 Å². The molecule has 3 N–H and O–H groups in total. The maximum atomic E-state index is 11.2. The van der Waals surface area contributed by atoms with Crippen molar-refractivity contribution in [2.24, 2.45) is 5.73 Å². The zero-order valence-electron chi connectivity index (χ0n) is 17.2. The minimum Gasteiger partial charge on any atom is -0.326 e. The summed E-state index contributed by atoms with van der Waals surface area (Å²) in [5, 5.41) is 2.82. The SMILES string of the molecule is CC(=O)Nc1ccc(CN(Cc2ccc(CN)cc2)Cc2cccc(C)c2)cc1. The molecular formula is C25H29N3O. The second-order valence-corrected chi connectivity index (χ2v) is 7.53. The summed E-state index contributed by atoms with van der Waals surface area (Å²) >= 11 is 0. The fraction of sp³-hybridized carbons (Fsp3) is 0.240. The summed E-state index contributed by atoms with van der Waals surface area (Å²) in [4.78, 5) is 13.7.